The number of nitrogens with one attached hydrogen (secondary N) is 2. The first-order valence-corrected chi connectivity index (χ1v) is 10.7. The molecule has 1 unspecified atom stereocenters. The Morgan fingerprint density at radius 1 is 1.29 bits per heavy atom. The number of aliphatic hydroxyl groups excluding tert-OH is 1. The highest BCUT2D eigenvalue weighted by molar-refractivity contribution is 5.98. The number of nitrogens with zero attached hydrogens (tertiary/aromatic N) is 3. The van der Waals surface area contributed by atoms with Crippen LogP contribution in [-0.2, 0) is 4.74 Å². The molecule has 31 heavy (non-hydrogen) atoms. The van der Waals surface area contributed by atoms with Crippen molar-refractivity contribution in [2.75, 3.05) is 38.2 Å². The Bertz CT molecular complexity index is 1070. The van der Waals surface area contributed by atoms with Crippen LogP contribution in [0.3, 0.4) is 0 Å². The van der Waals surface area contributed by atoms with Gasteiger partial charge in [-0.3, -0.25) is 10.00 Å². The van der Waals surface area contributed by atoms with Crippen molar-refractivity contribution in [2.24, 2.45) is 10.4 Å². The van der Waals surface area contributed by atoms with E-state index >= 15 is 0 Å². The van der Waals surface area contributed by atoms with Crippen molar-refractivity contribution in [3.8, 4) is 11.8 Å². The molecule has 0 bridgehead atoms. The molecule has 3 aliphatic rings. The number of hydrogen-bond donors (Lipinski definition) is 3. The SMILES string of the molecule is Cc1ccc(C#Cc2n[nH]c3c2N=C(CO)C(N2CCC4(CCOC4)CC2)N3)c(F)c1. The maximum atomic E-state index is 14.1. The third-order valence-corrected chi connectivity index (χ3v) is 6.60. The molecule has 2 fully saturated rings. The number of aromatic nitrogens is 2. The predicted octanol–water partition coefficient (Wildman–Crippen LogP) is 2.58. The summed E-state index contributed by atoms with van der Waals surface area (Å²) in [6.07, 6.45) is 3.11. The van der Waals surface area contributed by atoms with E-state index in [1.807, 2.05) is 13.0 Å². The Hall–Kier alpha value is -2.73. The fraction of sp³-hybridized carbons (Fsp3) is 0.478. The highest BCUT2D eigenvalue weighted by atomic mass is 19.1. The van der Waals surface area contributed by atoms with E-state index in [1.54, 1.807) is 6.07 Å². The van der Waals surface area contributed by atoms with Gasteiger partial charge in [-0.15, -0.1) is 0 Å². The standard InChI is InChI=1S/C23H26FN5O2/c1-15-2-3-16(17(24)12-15)4-5-18-20-21(28-27-18)26-22(19(13-30)25-20)29-9-6-23(7-10-29)8-11-31-14-23/h2-3,12,22,30H,6-11,13-14H2,1H3,(H2,26,27,28). The number of H-pyrrole nitrogens is 1. The molecular formula is C23H26FN5O2. The molecule has 1 spiro atoms. The van der Waals surface area contributed by atoms with Crippen LogP contribution >= 0.6 is 0 Å². The highest BCUT2D eigenvalue weighted by Gasteiger charge is 2.41. The quantitative estimate of drug-likeness (QED) is 0.647. The third-order valence-electron chi connectivity index (χ3n) is 6.60. The van der Waals surface area contributed by atoms with Gasteiger partial charge in [0.2, 0.25) is 0 Å². The van der Waals surface area contributed by atoms with Crippen molar-refractivity contribution in [1.29, 1.82) is 0 Å². The smallest absolute Gasteiger partial charge is 0.163 e. The number of rotatable bonds is 2. The number of hydrogen-bond acceptors (Lipinski definition) is 6. The van der Waals surface area contributed by atoms with E-state index in [9.17, 15) is 9.50 Å². The second kappa shape index (κ2) is 8.08. The van der Waals surface area contributed by atoms with E-state index in [2.05, 4.69) is 37.2 Å². The molecular weight excluding hydrogens is 397 g/mol. The maximum absolute atomic E-state index is 14.1. The molecule has 1 aromatic heterocycles. The first kappa shape index (κ1) is 20.2. The molecule has 3 aliphatic heterocycles. The number of aliphatic hydroxyl groups is 1. The summed E-state index contributed by atoms with van der Waals surface area (Å²) in [6.45, 7) is 5.23. The number of aromatic amines is 1. The topological polar surface area (TPSA) is 85.8 Å². The van der Waals surface area contributed by atoms with Crippen molar-refractivity contribution >= 4 is 17.2 Å². The number of halogens is 1. The number of benzene rings is 1. The van der Waals surface area contributed by atoms with E-state index in [0.29, 0.717) is 33.9 Å². The van der Waals surface area contributed by atoms with Crippen molar-refractivity contribution < 1.29 is 14.2 Å². The zero-order chi connectivity index (χ0) is 21.4. The van der Waals surface area contributed by atoms with Gasteiger partial charge in [-0.1, -0.05) is 12.0 Å². The zero-order valence-electron chi connectivity index (χ0n) is 17.5. The highest BCUT2D eigenvalue weighted by Crippen LogP contribution is 2.40. The Labute approximate surface area is 180 Å². The van der Waals surface area contributed by atoms with Crippen molar-refractivity contribution in [3.05, 3.63) is 40.8 Å². The Balaban J connectivity index is 1.36. The molecule has 8 heteroatoms. The summed E-state index contributed by atoms with van der Waals surface area (Å²) in [5, 5.41) is 20.6. The Morgan fingerprint density at radius 2 is 2.13 bits per heavy atom. The van der Waals surface area contributed by atoms with E-state index in [-0.39, 0.29) is 18.6 Å². The molecule has 0 aliphatic carbocycles. The molecule has 3 N–H and O–H groups in total. The summed E-state index contributed by atoms with van der Waals surface area (Å²) in [7, 11) is 0. The third kappa shape index (κ3) is 3.85. The number of ether oxygens (including phenoxy) is 1. The summed E-state index contributed by atoms with van der Waals surface area (Å²) >= 11 is 0. The molecule has 0 radical (unpaired) electrons. The van der Waals surface area contributed by atoms with Gasteiger partial charge in [-0.25, -0.2) is 9.38 Å². The molecule has 1 atom stereocenters. The van der Waals surface area contributed by atoms with Crippen LogP contribution in [0.25, 0.3) is 0 Å². The molecule has 2 aromatic rings. The van der Waals surface area contributed by atoms with Gasteiger partial charge in [0.25, 0.3) is 0 Å². The summed E-state index contributed by atoms with van der Waals surface area (Å²) in [5.41, 5.74) is 3.09. The lowest BCUT2D eigenvalue weighted by Gasteiger charge is -2.43. The normalized spacial score (nSPS) is 22.4. The van der Waals surface area contributed by atoms with Crippen LogP contribution in [0, 0.1) is 30.0 Å². The van der Waals surface area contributed by atoms with Crippen LogP contribution in [0.4, 0.5) is 15.9 Å². The van der Waals surface area contributed by atoms with E-state index < -0.39 is 0 Å². The van der Waals surface area contributed by atoms with Gasteiger partial charge in [0, 0.05) is 19.7 Å². The number of anilines is 1. The van der Waals surface area contributed by atoms with Crippen molar-refractivity contribution in [3.63, 3.8) is 0 Å². The fourth-order valence-corrected chi connectivity index (χ4v) is 4.63. The van der Waals surface area contributed by atoms with Crippen molar-refractivity contribution in [1.82, 2.24) is 15.1 Å². The largest absolute Gasteiger partial charge is 0.390 e. The molecule has 0 amide bonds. The number of fused-ring (bicyclic) bond motifs is 1. The first-order chi connectivity index (χ1) is 15.1. The number of piperidine rings is 1. The summed E-state index contributed by atoms with van der Waals surface area (Å²) < 4.78 is 19.7. The number of aryl methyl sites for hydroxylation is 1. The molecule has 2 saturated heterocycles. The van der Waals surface area contributed by atoms with E-state index in [1.165, 1.54) is 6.07 Å². The minimum Gasteiger partial charge on any atom is -0.390 e. The molecule has 5 rings (SSSR count). The summed E-state index contributed by atoms with van der Waals surface area (Å²) in [5.74, 6) is 6.06. The van der Waals surface area contributed by atoms with Crippen LogP contribution < -0.4 is 5.32 Å². The van der Waals surface area contributed by atoms with E-state index in [0.717, 1.165) is 51.1 Å². The van der Waals surface area contributed by atoms with Gasteiger partial charge < -0.3 is 15.2 Å². The molecule has 162 valence electrons. The van der Waals surface area contributed by atoms with Gasteiger partial charge in [-0.05, 0) is 55.2 Å². The zero-order valence-corrected chi connectivity index (χ0v) is 17.5. The van der Waals surface area contributed by atoms with Gasteiger partial charge in [0.1, 0.15) is 17.7 Å². The second-order valence-electron chi connectivity index (χ2n) is 8.68. The van der Waals surface area contributed by atoms with Crippen LogP contribution in [0.15, 0.2) is 23.2 Å². The van der Waals surface area contributed by atoms with Gasteiger partial charge in [0.05, 0.1) is 24.5 Å². The van der Waals surface area contributed by atoms with Gasteiger partial charge >= 0.3 is 0 Å². The lowest BCUT2D eigenvalue weighted by molar-refractivity contribution is 0.0751. The minimum atomic E-state index is -0.356. The predicted molar refractivity (Wildman–Crippen MR) is 116 cm³/mol. The average molecular weight is 423 g/mol. The molecule has 1 aromatic carbocycles. The molecule has 0 saturated carbocycles. The number of likely N-dealkylation sites (tertiary alicyclic amines) is 1. The lowest BCUT2D eigenvalue weighted by atomic mass is 9.78. The molecule has 4 heterocycles. The van der Waals surface area contributed by atoms with Gasteiger partial charge in [-0.2, -0.15) is 5.10 Å². The van der Waals surface area contributed by atoms with Gasteiger partial charge in [0.15, 0.2) is 11.5 Å². The van der Waals surface area contributed by atoms with Crippen LogP contribution in [0.5, 0.6) is 0 Å². The van der Waals surface area contributed by atoms with E-state index in [4.69, 9.17) is 4.74 Å². The monoisotopic (exact) mass is 423 g/mol. The van der Waals surface area contributed by atoms with Crippen LogP contribution in [0.2, 0.25) is 0 Å². The summed E-state index contributed by atoms with van der Waals surface area (Å²) in [6, 6.07) is 4.94. The Morgan fingerprint density at radius 3 is 2.84 bits per heavy atom. The second-order valence-corrected chi connectivity index (χ2v) is 8.68. The maximum Gasteiger partial charge on any atom is 0.163 e. The molecule has 7 nitrogen and oxygen atoms in total. The van der Waals surface area contributed by atoms with Crippen LogP contribution in [0.1, 0.15) is 36.1 Å². The van der Waals surface area contributed by atoms with Crippen molar-refractivity contribution in [2.45, 2.75) is 32.4 Å². The average Bonchev–Trinajstić information content (AvgIpc) is 3.39. The fourth-order valence-electron chi connectivity index (χ4n) is 4.63. The first-order valence-electron chi connectivity index (χ1n) is 10.7. The van der Waals surface area contributed by atoms with Crippen LogP contribution in [-0.4, -0.2) is 65.0 Å². The Kier molecular flexibility index (Phi) is 5.26. The summed E-state index contributed by atoms with van der Waals surface area (Å²) in [4.78, 5) is 6.98. The minimum absolute atomic E-state index is 0.160. The number of aliphatic imine (C=N–C) groups is 1. The lowest BCUT2D eigenvalue weighted by Crippen LogP contribution is -2.53.